The Morgan fingerprint density at radius 2 is 2.29 bits per heavy atom. The Morgan fingerprint density at radius 1 is 1.86 bits per heavy atom. The number of aliphatic hydroxyl groups is 1. The van der Waals surface area contributed by atoms with E-state index < -0.39 is 0 Å². The van der Waals surface area contributed by atoms with E-state index in [9.17, 15) is 0 Å². The smallest absolute Gasteiger partial charge is 0.0715 e. The van der Waals surface area contributed by atoms with Crippen LogP contribution in [0.1, 0.15) is 13.3 Å². The first-order chi connectivity index (χ1) is 2.81. The fraction of sp³-hybridized carbons (Fsp3) is 0.600. The van der Waals surface area contributed by atoms with Crippen LogP contribution in [0.25, 0.3) is 0 Å². The third-order valence-corrected chi connectivity index (χ3v) is 0.690. The first-order valence-corrected chi connectivity index (χ1v) is 2.12. The van der Waals surface area contributed by atoms with Gasteiger partial charge in [0.1, 0.15) is 0 Å². The summed E-state index contributed by atoms with van der Waals surface area (Å²) in [5, 5.41) is 8.55. The van der Waals surface area contributed by atoms with Crippen LogP contribution in [-0.4, -0.2) is 11.2 Å². The summed E-state index contributed by atoms with van der Waals surface area (Å²) >= 11 is 0. The van der Waals surface area contributed by atoms with Crippen molar-refractivity contribution in [2.45, 2.75) is 19.4 Å². The maximum absolute atomic E-state index is 8.55. The van der Waals surface area contributed by atoms with E-state index in [1.165, 1.54) is 6.08 Å². The van der Waals surface area contributed by atoms with Gasteiger partial charge in [0.15, 0.2) is 0 Å². The van der Waals surface area contributed by atoms with Gasteiger partial charge in [-0.1, -0.05) is 13.0 Å². The summed E-state index contributed by atoms with van der Waals surface area (Å²) in [6.07, 6.45) is 1.99. The van der Waals surface area contributed by atoms with Crippen molar-refractivity contribution in [1.29, 1.82) is 0 Å². The van der Waals surface area contributed by atoms with Crippen LogP contribution in [0.3, 0.4) is 0 Å². The van der Waals surface area contributed by atoms with Gasteiger partial charge in [-0.2, -0.15) is 0 Å². The SMILES string of the molecule is C=CC(O)CC.[Ta]. The van der Waals surface area contributed by atoms with Gasteiger partial charge >= 0.3 is 0 Å². The number of hydrogen-bond donors (Lipinski definition) is 1. The molecule has 7 heavy (non-hydrogen) atoms. The molecule has 0 aliphatic heterocycles. The zero-order valence-corrected chi connectivity index (χ0v) is 7.68. The van der Waals surface area contributed by atoms with Crippen molar-refractivity contribution in [3.05, 3.63) is 12.7 Å². The van der Waals surface area contributed by atoms with Gasteiger partial charge in [0.05, 0.1) is 6.10 Å². The molecule has 41 valence electrons. The molecule has 0 heterocycles. The first-order valence-electron chi connectivity index (χ1n) is 2.12. The summed E-state index contributed by atoms with van der Waals surface area (Å²) in [4.78, 5) is 0. The van der Waals surface area contributed by atoms with Crippen LogP contribution < -0.4 is 0 Å². The van der Waals surface area contributed by atoms with Crippen LogP contribution in [0.15, 0.2) is 12.7 Å². The second-order valence-electron chi connectivity index (χ2n) is 1.21. The standard InChI is InChI=1S/C5H10O.Ta/c1-3-5(6)4-2;/h3,5-6H,1,4H2,2H3;. The van der Waals surface area contributed by atoms with E-state index in [1.54, 1.807) is 0 Å². The summed E-state index contributed by atoms with van der Waals surface area (Å²) < 4.78 is 0. The summed E-state index contributed by atoms with van der Waals surface area (Å²) in [5.74, 6) is 0. The Labute approximate surface area is 59.9 Å². The summed E-state index contributed by atoms with van der Waals surface area (Å²) in [6.45, 7) is 5.29. The minimum absolute atomic E-state index is 0. The number of hydrogen-bond acceptors (Lipinski definition) is 1. The van der Waals surface area contributed by atoms with Crippen LogP contribution in [-0.2, 0) is 22.4 Å². The Kier molecular flexibility index (Phi) is 9.59. The van der Waals surface area contributed by atoms with Gasteiger partial charge in [-0.3, -0.25) is 0 Å². The average molecular weight is 267 g/mol. The first kappa shape index (κ1) is 10.4. The van der Waals surface area contributed by atoms with Crippen LogP contribution >= 0.6 is 0 Å². The van der Waals surface area contributed by atoms with Crippen molar-refractivity contribution in [1.82, 2.24) is 0 Å². The van der Waals surface area contributed by atoms with E-state index in [1.807, 2.05) is 6.92 Å². The van der Waals surface area contributed by atoms with E-state index in [0.717, 1.165) is 6.42 Å². The predicted octanol–water partition coefficient (Wildman–Crippen LogP) is 0.941. The van der Waals surface area contributed by atoms with Gasteiger partial charge < -0.3 is 5.11 Å². The van der Waals surface area contributed by atoms with Crippen molar-refractivity contribution >= 4 is 0 Å². The molecular weight excluding hydrogens is 257 g/mol. The minimum atomic E-state index is -0.301. The van der Waals surface area contributed by atoms with E-state index >= 15 is 0 Å². The minimum Gasteiger partial charge on any atom is -0.389 e. The third-order valence-electron chi connectivity index (χ3n) is 0.690. The molecule has 0 saturated heterocycles. The normalized spacial score (nSPS) is 11.7. The average Bonchev–Trinajstić information content (AvgIpc) is 1.65. The maximum Gasteiger partial charge on any atom is 0.0715 e. The van der Waals surface area contributed by atoms with Crippen molar-refractivity contribution in [3.63, 3.8) is 0 Å². The van der Waals surface area contributed by atoms with Gasteiger partial charge in [0.2, 0.25) is 0 Å². The van der Waals surface area contributed by atoms with Crippen LogP contribution in [0, 0.1) is 0 Å². The molecule has 1 nitrogen and oxygen atoms in total. The van der Waals surface area contributed by atoms with Gasteiger partial charge in [-0.25, -0.2) is 0 Å². The monoisotopic (exact) mass is 267 g/mol. The predicted molar refractivity (Wildman–Crippen MR) is 26.5 cm³/mol. The van der Waals surface area contributed by atoms with Crippen molar-refractivity contribution in [2.24, 2.45) is 0 Å². The summed E-state index contributed by atoms with van der Waals surface area (Å²) in [5.41, 5.74) is 0. The second kappa shape index (κ2) is 6.44. The molecule has 1 radical (unpaired) electrons. The molecule has 0 rings (SSSR count). The molecule has 0 fully saturated rings. The molecule has 0 aromatic heterocycles. The molecule has 0 spiro atoms. The van der Waals surface area contributed by atoms with Crippen molar-refractivity contribution in [3.8, 4) is 0 Å². The van der Waals surface area contributed by atoms with Crippen molar-refractivity contribution < 1.29 is 27.5 Å². The van der Waals surface area contributed by atoms with Crippen LogP contribution in [0.2, 0.25) is 0 Å². The van der Waals surface area contributed by atoms with Gasteiger partial charge in [-0.05, 0) is 6.42 Å². The molecule has 0 aromatic rings. The fourth-order valence-electron chi connectivity index (χ4n) is 0.167. The van der Waals surface area contributed by atoms with Crippen LogP contribution in [0.4, 0.5) is 0 Å². The summed E-state index contributed by atoms with van der Waals surface area (Å²) in [6, 6.07) is 0. The molecule has 0 aliphatic rings. The van der Waals surface area contributed by atoms with Crippen molar-refractivity contribution in [2.75, 3.05) is 0 Å². The van der Waals surface area contributed by atoms with E-state index in [0.29, 0.717) is 0 Å². The third kappa shape index (κ3) is 6.44. The summed E-state index contributed by atoms with van der Waals surface area (Å²) in [7, 11) is 0. The zero-order chi connectivity index (χ0) is 4.99. The largest absolute Gasteiger partial charge is 0.389 e. The molecule has 1 unspecified atom stereocenters. The topological polar surface area (TPSA) is 20.2 Å². The molecular formula is C5H10OTa. The quantitative estimate of drug-likeness (QED) is 0.738. The van der Waals surface area contributed by atoms with Gasteiger partial charge in [0.25, 0.3) is 0 Å². The fourth-order valence-corrected chi connectivity index (χ4v) is 0.167. The van der Waals surface area contributed by atoms with Gasteiger partial charge in [-0.15, -0.1) is 6.58 Å². The van der Waals surface area contributed by atoms with Crippen LogP contribution in [0.5, 0.6) is 0 Å². The Morgan fingerprint density at radius 3 is 2.29 bits per heavy atom. The molecule has 0 bridgehead atoms. The molecule has 2 heteroatoms. The van der Waals surface area contributed by atoms with Gasteiger partial charge in [0, 0.05) is 22.4 Å². The Balaban J connectivity index is 0. The zero-order valence-electron chi connectivity index (χ0n) is 4.46. The van der Waals surface area contributed by atoms with E-state index in [2.05, 4.69) is 6.58 Å². The molecule has 0 aromatic carbocycles. The molecule has 0 saturated carbocycles. The Hall–Kier alpha value is 0.440. The molecule has 0 amide bonds. The molecule has 1 N–H and O–H groups in total. The number of rotatable bonds is 2. The van der Waals surface area contributed by atoms with E-state index in [4.69, 9.17) is 5.11 Å². The number of aliphatic hydroxyl groups excluding tert-OH is 1. The Bertz CT molecular complexity index is 45.3. The molecule has 0 aliphatic carbocycles. The molecule has 1 atom stereocenters. The van der Waals surface area contributed by atoms with E-state index in [-0.39, 0.29) is 28.5 Å². The maximum atomic E-state index is 8.55. The second-order valence-corrected chi connectivity index (χ2v) is 1.21.